The molecule has 0 spiro atoms. The summed E-state index contributed by atoms with van der Waals surface area (Å²) >= 11 is 0. The second-order valence-electron chi connectivity index (χ2n) is 4.73. The molecule has 2 aromatic rings. The highest BCUT2D eigenvalue weighted by atomic mass is 16.6. The maximum absolute atomic E-state index is 11.1. The van der Waals surface area contributed by atoms with Crippen LogP contribution in [0.1, 0.15) is 24.1 Å². The molecule has 1 N–H and O–H groups in total. The van der Waals surface area contributed by atoms with E-state index in [4.69, 9.17) is 4.74 Å². The number of hydrogen-bond donors (Lipinski definition) is 1. The number of methoxy groups -OCH3 is 1. The highest BCUT2D eigenvalue weighted by Crippen LogP contribution is 2.25. The van der Waals surface area contributed by atoms with Gasteiger partial charge >= 0.3 is 0 Å². The quantitative estimate of drug-likeness (QED) is 0.652. The van der Waals surface area contributed by atoms with Crippen LogP contribution in [0, 0.1) is 10.1 Å². The van der Waals surface area contributed by atoms with Gasteiger partial charge in [0, 0.05) is 29.8 Å². The van der Waals surface area contributed by atoms with E-state index in [2.05, 4.69) is 5.32 Å². The molecule has 0 saturated carbocycles. The van der Waals surface area contributed by atoms with E-state index in [0.29, 0.717) is 12.1 Å². The maximum atomic E-state index is 11.1. The molecule has 0 amide bonds. The van der Waals surface area contributed by atoms with Crippen molar-refractivity contribution in [3.63, 3.8) is 0 Å². The van der Waals surface area contributed by atoms with E-state index in [1.165, 1.54) is 6.07 Å². The van der Waals surface area contributed by atoms with Crippen molar-refractivity contribution >= 4 is 5.69 Å². The van der Waals surface area contributed by atoms with Crippen LogP contribution >= 0.6 is 0 Å². The van der Waals surface area contributed by atoms with Crippen LogP contribution in [0.4, 0.5) is 5.69 Å². The molecule has 110 valence electrons. The van der Waals surface area contributed by atoms with Crippen molar-refractivity contribution in [1.82, 2.24) is 5.32 Å². The second-order valence-corrected chi connectivity index (χ2v) is 4.73. The van der Waals surface area contributed by atoms with Gasteiger partial charge in [-0.15, -0.1) is 0 Å². The number of hydrogen-bond acceptors (Lipinski definition) is 4. The van der Waals surface area contributed by atoms with Crippen LogP contribution in [0.3, 0.4) is 0 Å². The van der Waals surface area contributed by atoms with Crippen LogP contribution in [0.5, 0.6) is 5.75 Å². The standard InChI is InChI=1S/C16H18N2O3/c1-12(14-8-4-5-9-15(14)18(19)20)17-11-13-7-3-6-10-16(13)21-2/h3-10,12,17H,11H2,1-2H3. The predicted octanol–water partition coefficient (Wildman–Crippen LogP) is 3.45. The van der Waals surface area contributed by atoms with Gasteiger partial charge in [0.15, 0.2) is 0 Å². The minimum absolute atomic E-state index is 0.128. The van der Waals surface area contributed by atoms with Gasteiger partial charge in [-0.2, -0.15) is 0 Å². The third-order valence-electron chi connectivity index (χ3n) is 3.39. The summed E-state index contributed by atoms with van der Waals surface area (Å²) in [6, 6.07) is 14.4. The maximum Gasteiger partial charge on any atom is 0.274 e. The Morgan fingerprint density at radius 3 is 2.57 bits per heavy atom. The van der Waals surface area contributed by atoms with Crippen LogP contribution in [-0.4, -0.2) is 12.0 Å². The number of rotatable bonds is 6. The zero-order valence-corrected chi connectivity index (χ0v) is 12.1. The Morgan fingerprint density at radius 1 is 1.19 bits per heavy atom. The number of nitrogens with zero attached hydrogens (tertiary/aromatic N) is 1. The SMILES string of the molecule is COc1ccccc1CNC(C)c1ccccc1[N+](=O)[O-]. The van der Waals surface area contributed by atoms with Gasteiger partial charge in [0.1, 0.15) is 5.75 Å². The van der Waals surface area contributed by atoms with E-state index < -0.39 is 0 Å². The molecule has 0 fully saturated rings. The van der Waals surface area contributed by atoms with Crippen molar-refractivity contribution < 1.29 is 9.66 Å². The summed E-state index contributed by atoms with van der Waals surface area (Å²) in [6.07, 6.45) is 0. The van der Waals surface area contributed by atoms with Crippen LogP contribution < -0.4 is 10.1 Å². The monoisotopic (exact) mass is 286 g/mol. The van der Waals surface area contributed by atoms with Crippen LogP contribution in [0.15, 0.2) is 48.5 Å². The first-order valence-corrected chi connectivity index (χ1v) is 6.72. The summed E-state index contributed by atoms with van der Waals surface area (Å²) < 4.78 is 5.30. The molecule has 0 bridgehead atoms. The molecular weight excluding hydrogens is 268 g/mol. The van der Waals surface area contributed by atoms with Crippen LogP contribution in [-0.2, 0) is 6.54 Å². The van der Waals surface area contributed by atoms with E-state index in [0.717, 1.165) is 11.3 Å². The lowest BCUT2D eigenvalue weighted by Crippen LogP contribution is -2.19. The fraction of sp³-hybridized carbons (Fsp3) is 0.250. The average Bonchev–Trinajstić information content (AvgIpc) is 2.52. The highest BCUT2D eigenvalue weighted by Gasteiger charge is 2.17. The lowest BCUT2D eigenvalue weighted by molar-refractivity contribution is -0.385. The molecule has 0 radical (unpaired) electrons. The lowest BCUT2D eigenvalue weighted by Gasteiger charge is -2.15. The molecule has 0 aromatic heterocycles. The Kier molecular flexibility index (Phi) is 4.90. The summed E-state index contributed by atoms with van der Waals surface area (Å²) in [5.74, 6) is 0.805. The van der Waals surface area contributed by atoms with Gasteiger partial charge in [-0.25, -0.2) is 0 Å². The average molecular weight is 286 g/mol. The van der Waals surface area contributed by atoms with E-state index in [9.17, 15) is 10.1 Å². The molecule has 21 heavy (non-hydrogen) atoms. The molecule has 2 aromatic carbocycles. The van der Waals surface area contributed by atoms with Gasteiger partial charge in [0.25, 0.3) is 5.69 Å². The van der Waals surface area contributed by atoms with Crippen molar-refractivity contribution in [3.8, 4) is 5.75 Å². The zero-order valence-electron chi connectivity index (χ0n) is 12.1. The molecule has 1 unspecified atom stereocenters. The number of nitro benzene ring substituents is 1. The van der Waals surface area contributed by atoms with Crippen molar-refractivity contribution in [2.24, 2.45) is 0 Å². The largest absolute Gasteiger partial charge is 0.496 e. The number of ether oxygens (including phenoxy) is 1. The normalized spacial score (nSPS) is 11.9. The van der Waals surface area contributed by atoms with Crippen LogP contribution in [0.2, 0.25) is 0 Å². The van der Waals surface area contributed by atoms with Gasteiger partial charge in [-0.3, -0.25) is 10.1 Å². The molecule has 0 aliphatic heterocycles. The zero-order chi connectivity index (χ0) is 15.2. The molecule has 1 atom stereocenters. The number of nitro groups is 1. The first-order valence-electron chi connectivity index (χ1n) is 6.72. The molecular formula is C16H18N2O3. The molecule has 0 saturated heterocycles. The number of para-hydroxylation sites is 2. The highest BCUT2D eigenvalue weighted by molar-refractivity contribution is 5.42. The third kappa shape index (κ3) is 3.58. The first-order chi connectivity index (χ1) is 10.1. The smallest absolute Gasteiger partial charge is 0.274 e. The van der Waals surface area contributed by atoms with Crippen molar-refractivity contribution in [2.45, 2.75) is 19.5 Å². The fourth-order valence-corrected chi connectivity index (χ4v) is 2.24. The van der Waals surface area contributed by atoms with Gasteiger partial charge in [0.05, 0.1) is 12.0 Å². The van der Waals surface area contributed by atoms with E-state index in [1.54, 1.807) is 19.2 Å². The number of nitrogens with one attached hydrogen (secondary N) is 1. The minimum atomic E-state index is -0.351. The fourth-order valence-electron chi connectivity index (χ4n) is 2.24. The summed E-state index contributed by atoms with van der Waals surface area (Å²) in [4.78, 5) is 10.7. The number of benzene rings is 2. The summed E-state index contributed by atoms with van der Waals surface area (Å²) in [7, 11) is 1.63. The Morgan fingerprint density at radius 2 is 1.86 bits per heavy atom. The van der Waals surface area contributed by atoms with Crippen LogP contribution in [0.25, 0.3) is 0 Å². The molecule has 0 heterocycles. The molecule has 5 nitrogen and oxygen atoms in total. The Labute approximate surface area is 123 Å². The van der Waals surface area contributed by atoms with Gasteiger partial charge in [-0.05, 0) is 13.0 Å². The van der Waals surface area contributed by atoms with E-state index in [-0.39, 0.29) is 16.7 Å². The van der Waals surface area contributed by atoms with Gasteiger partial charge < -0.3 is 10.1 Å². The Hall–Kier alpha value is -2.40. The topological polar surface area (TPSA) is 64.4 Å². The van der Waals surface area contributed by atoms with Crippen molar-refractivity contribution in [2.75, 3.05) is 7.11 Å². The van der Waals surface area contributed by atoms with E-state index >= 15 is 0 Å². The summed E-state index contributed by atoms with van der Waals surface area (Å²) in [5, 5.41) is 14.4. The second kappa shape index (κ2) is 6.85. The first kappa shape index (κ1) is 15.0. The minimum Gasteiger partial charge on any atom is -0.496 e. The molecule has 5 heteroatoms. The van der Waals surface area contributed by atoms with Crippen molar-refractivity contribution in [3.05, 3.63) is 69.8 Å². The lowest BCUT2D eigenvalue weighted by atomic mass is 10.1. The third-order valence-corrected chi connectivity index (χ3v) is 3.39. The Balaban J connectivity index is 2.12. The molecule has 0 aliphatic rings. The molecule has 2 rings (SSSR count). The van der Waals surface area contributed by atoms with Gasteiger partial charge in [-0.1, -0.05) is 36.4 Å². The molecule has 0 aliphatic carbocycles. The summed E-state index contributed by atoms with van der Waals surface area (Å²) in [6.45, 7) is 2.50. The van der Waals surface area contributed by atoms with Crippen molar-refractivity contribution in [1.29, 1.82) is 0 Å². The summed E-state index contributed by atoms with van der Waals surface area (Å²) in [5.41, 5.74) is 1.83. The van der Waals surface area contributed by atoms with Gasteiger partial charge in [0.2, 0.25) is 0 Å². The van der Waals surface area contributed by atoms with E-state index in [1.807, 2.05) is 37.3 Å². The Bertz CT molecular complexity index is 628. The predicted molar refractivity (Wildman–Crippen MR) is 81.3 cm³/mol.